The van der Waals surface area contributed by atoms with Crippen LogP contribution in [0.3, 0.4) is 0 Å². The number of imidazole rings is 1. The molecule has 1 saturated carbocycles. The number of rotatable bonds is 21. The van der Waals surface area contributed by atoms with Gasteiger partial charge in [-0.2, -0.15) is 0 Å². The summed E-state index contributed by atoms with van der Waals surface area (Å²) in [5, 5.41) is 16.9. The molecule has 4 rings (SSSR count). The summed E-state index contributed by atoms with van der Waals surface area (Å²) >= 11 is 0. The number of Topliss-reactive ketones (excluding diaryl/α,β-unsaturated/α-hetero) is 1. The maximum absolute atomic E-state index is 14.1. The van der Waals surface area contributed by atoms with Gasteiger partial charge in [-0.3, -0.25) is 14.9 Å². The minimum Gasteiger partial charge on any atom is -0.438 e. The highest BCUT2D eigenvalue weighted by Gasteiger charge is 2.32. The second-order valence-corrected chi connectivity index (χ2v) is 14.9. The number of hydrogen-bond acceptors (Lipinski definition) is 9. The van der Waals surface area contributed by atoms with Crippen LogP contribution in [-0.4, -0.2) is 138 Å². The molecule has 4 N–H and O–H groups in total. The highest BCUT2D eigenvalue weighted by atomic mass is 16.6. The lowest BCUT2D eigenvalue weighted by Crippen LogP contribution is -2.53. The number of unbranched alkanes of at least 4 members (excludes halogenated alkanes) is 1. The van der Waals surface area contributed by atoms with Gasteiger partial charge in [-0.25, -0.2) is 14.6 Å². The number of nitrogens with one attached hydrogen (secondary N) is 3. The summed E-state index contributed by atoms with van der Waals surface area (Å²) < 4.78 is 11.2. The van der Waals surface area contributed by atoms with Crippen LogP contribution in [0.2, 0.25) is 0 Å². The largest absolute Gasteiger partial charge is 0.438 e. The third-order valence-corrected chi connectivity index (χ3v) is 10.7. The zero-order valence-corrected chi connectivity index (χ0v) is 32.5. The van der Waals surface area contributed by atoms with Gasteiger partial charge >= 0.3 is 12.1 Å². The number of aromatic amines is 1. The van der Waals surface area contributed by atoms with Crippen molar-refractivity contribution in [2.24, 2.45) is 11.8 Å². The maximum atomic E-state index is 14.1. The van der Waals surface area contributed by atoms with Gasteiger partial charge in [-0.05, 0) is 24.3 Å². The first-order valence-electron chi connectivity index (χ1n) is 19.9. The molecule has 4 atom stereocenters. The van der Waals surface area contributed by atoms with E-state index in [1.807, 2.05) is 30.3 Å². The molecule has 2 aliphatic rings. The number of carbonyl (C=O) groups excluding carboxylic acids is 4. The Morgan fingerprint density at radius 3 is 2.43 bits per heavy atom. The van der Waals surface area contributed by atoms with Crippen molar-refractivity contribution in [2.75, 3.05) is 66.6 Å². The monoisotopic (exact) mass is 753 g/mol. The van der Waals surface area contributed by atoms with E-state index in [0.29, 0.717) is 32.2 Å². The number of hydrogen-bond donors (Lipinski definition) is 4. The van der Waals surface area contributed by atoms with Crippen LogP contribution in [0.1, 0.15) is 76.0 Å². The molecule has 2 heterocycles. The number of amides is 4. The van der Waals surface area contributed by atoms with Crippen molar-refractivity contribution >= 4 is 23.8 Å². The number of ketones is 1. The van der Waals surface area contributed by atoms with Crippen LogP contribution in [0.25, 0.3) is 0 Å². The zero-order chi connectivity index (χ0) is 38.7. The molecule has 2 fully saturated rings. The second-order valence-electron chi connectivity index (χ2n) is 14.9. The first-order valence-corrected chi connectivity index (χ1v) is 19.9. The summed E-state index contributed by atoms with van der Waals surface area (Å²) in [5.74, 6) is -0.190. The molecule has 0 radical (unpaired) electrons. The number of ether oxygens (including phenoxy) is 2. The smallest absolute Gasteiger partial charge is 0.410 e. The van der Waals surface area contributed by atoms with Crippen molar-refractivity contribution in [1.29, 1.82) is 0 Å². The van der Waals surface area contributed by atoms with E-state index in [4.69, 9.17) is 9.47 Å². The number of aliphatic hydroxyl groups is 1. The molecular weight excluding hydrogens is 690 g/mol. The number of morpholine rings is 1. The van der Waals surface area contributed by atoms with E-state index in [9.17, 15) is 24.3 Å². The highest BCUT2D eigenvalue weighted by molar-refractivity contribution is 5.88. The number of H-pyrrole nitrogens is 1. The van der Waals surface area contributed by atoms with Crippen LogP contribution >= 0.6 is 0 Å². The number of aromatic nitrogens is 2. The Kier molecular flexibility index (Phi) is 18.2. The third kappa shape index (κ3) is 14.0. The fourth-order valence-electron chi connectivity index (χ4n) is 7.28. The van der Waals surface area contributed by atoms with Crippen molar-refractivity contribution in [3.8, 4) is 0 Å². The summed E-state index contributed by atoms with van der Waals surface area (Å²) in [6.07, 6.45) is 11.3. The van der Waals surface area contributed by atoms with Gasteiger partial charge in [0, 0.05) is 83.6 Å². The van der Waals surface area contributed by atoms with Gasteiger partial charge in [-0.15, -0.1) is 0 Å². The molecule has 1 aromatic heterocycles. The zero-order valence-electron chi connectivity index (χ0n) is 32.5. The first kappa shape index (κ1) is 42.7. The van der Waals surface area contributed by atoms with Crippen molar-refractivity contribution in [1.82, 2.24) is 35.3 Å². The van der Waals surface area contributed by atoms with Gasteiger partial charge < -0.3 is 39.6 Å². The van der Waals surface area contributed by atoms with E-state index >= 15 is 0 Å². The van der Waals surface area contributed by atoms with Crippen molar-refractivity contribution in [3.05, 3.63) is 54.1 Å². The van der Waals surface area contributed by atoms with E-state index in [1.165, 1.54) is 24.2 Å². The van der Waals surface area contributed by atoms with E-state index in [0.717, 1.165) is 49.8 Å². The van der Waals surface area contributed by atoms with E-state index in [2.05, 4.69) is 27.5 Å². The van der Waals surface area contributed by atoms with Crippen molar-refractivity contribution in [2.45, 2.75) is 95.7 Å². The average Bonchev–Trinajstić information content (AvgIpc) is 3.72. The predicted molar refractivity (Wildman–Crippen MR) is 206 cm³/mol. The molecule has 300 valence electrons. The van der Waals surface area contributed by atoms with Gasteiger partial charge in [0.15, 0.2) is 11.9 Å². The van der Waals surface area contributed by atoms with E-state index in [1.54, 1.807) is 36.4 Å². The van der Waals surface area contributed by atoms with Crippen molar-refractivity contribution in [3.63, 3.8) is 0 Å². The van der Waals surface area contributed by atoms with E-state index in [-0.39, 0.29) is 68.8 Å². The van der Waals surface area contributed by atoms with Gasteiger partial charge in [-0.1, -0.05) is 82.2 Å². The average molecular weight is 754 g/mol. The third-order valence-electron chi connectivity index (χ3n) is 10.7. The van der Waals surface area contributed by atoms with Crippen LogP contribution in [0.15, 0.2) is 42.9 Å². The lowest BCUT2D eigenvalue weighted by molar-refractivity contribution is -0.128. The Morgan fingerprint density at radius 2 is 1.76 bits per heavy atom. The minimum atomic E-state index is -1.12. The van der Waals surface area contributed by atoms with Gasteiger partial charge in [0.1, 0.15) is 0 Å². The highest BCUT2D eigenvalue weighted by Crippen LogP contribution is 2.30. The van der Waals surface area contributed by atoms with Gasteiger partial charge in [0.05, 0.1) is 32.1 Å². The molecule has 54 heavy (non-hydrogen) atoms. The van der Waals surface area contributed by atoms with Gasteiger partial charge in [0.25, 0.3) is 0 Å². The molecule has 0 unspecified atom stereocenters. The van der Waals surface area contributed by atoms with Crippen LogP contribution in [0.4, 0.5) is 9.59 Å². The molecule has 1 aromatic carbocycles. The first-order chi connectivity index (χ1) is 26.2. The Bertz CT molecular complexity index is 1400. The molecule has 1 aliphatic carbocycles. The van der Waals surface area contributed by atoms with Gasteiger partial charge in [0.2, 0.25) is 5.91 Å². The molecule has 1 saturated heterocycles. The Hall–Kier alpha value is -4.01. The molecule has 2 aromatic rings. The van der Waals surface area contributed by atoms with Crippen molar-refractivity contribution < 1.29 is 33.8 Å². The SMILES string of the molecule is CCCC[C@H](CO)[C@H](CC1CCCCC1)NC(=O)[C@H](Cc1cnc[nH]1)NCC(=O)[C@H](Cc1ccccc1)OC(=O)N(C)CCN(C)C(=O)N1CCOCC1. The second kappa shape index (κ2) is 23.0. The number of aliphatic hydroxyl groups excluding tert-OH is 1. The number of carbonyl (C=O) groups is 4. The van der Waals surface area contributed by atoms with Crippen LogP contribution in [0.5, 0.6) is 0 Å². The summed E-state index contributed by atoms with van der Waals surface area (Å²) in [5.41, 5.74) is 1.55. The number of nitrogens with zero attached hydrogens (tertiary/aromatic N) is 4. The number of urea groups is 1. The summed E-state index contributed by atoms with van der Waals surface area (Å²) in [4.78, 5) is 66.0. The number of likely N-dealkylation sites (N-methyl/N-ethyl adjacent to an activating group) is 2. The predicted octanol–water partition coefficient (Wildman–Crippen LogP) is 3.80. The molecule has 0 bridgehead atoms. The molecular formula is C40H63N7O7. The topological polar surface area (TPSA) is 169 Å². The molecule has 1 aliphatic heterocycles. The fourth-order valence-corrected chi connectivity index (χ4v) is 7.28. The Balaban J connectivity index is 1.43. The lowest BCUT2D eigenvalue weighted by atomic mass is 9.80. The van der Waals surface area contributed by atoms with Crippen LogP contribution in [0, 0.1) is 11.8 Å². The fraction of sp³-hybridized carbons (Fsp3) is 0.675. The molecule has 14 heteroatoms. The quantitative estimate of drug-likeness (QED) is 0.148. The molecule has 0 spiro atoms. The minimum absolute atomic E-state index is 0.00373. The van der Waals surface area contributed by atoms with E-state index < -0.39 is 18.2 Å². The molecule has 14 nitrogen and oxygen atoms in total. The Labute approximate surface area is 320 Å². The lowest BCUT2D eigenvalue weighted by Gasteiger charge is -2.33. The normalized spacial score (nSPS) is 17.2. The molecule has 4 amide bonds. The Morgan fingerprint density at radius 1 is 1.04 bits per heavy atom. The summed E-state index contributed by atoms with van der Waals surface area (Å²) in [6.45, 7) is 4.42. The maximum Gasteiger partial charge on any atom is 0.410 e. The summed E-state index contributed by atoms with van der Waals surface area (Å²) in [7, 11) is 3.26. The van der Waals surface area contributed by atoms with Crippen LogP contribution in [-0.2, 0) is 31.9 Å². The summed E-state index contributed by atoms with van der Waals surface area (Å²) in [6, 6.07) is 8.22. The standard InChI is InChI=1S/C40H63N7O7/c1-4-5-16-32(28-48)34(23-30-12-8-6-9-13-30)44-38(50)35(25-33-26-41-29-43-33)42-27-36(49)37(24-31-14-10-7-11-15-31)54-40(52)46(3)18-17-45(2)39(51)47-19-21-53-22-20-47/h7,10-11,14-15,26,29-30,32,34-35,37,42,48H,4-6,8-9,12-13,16-25,27-28H2,1-3H3,(H,41,43)(H,44,50)/t32-,34+,35+,37+/m1/s1. The number of benzene rings is 1. The van der Waals surface area contributed by atoms with Crippen LogP contribution < -0.4 is 10.6 Å².